The summed E-state index contributed by atoms with van der Waals surface area (Å²) in [5.41, 5.74) is 2.80. The molecule has 3 unspecified atom stereocenters. The number of aromatic nitrogens is 1. The molecule has 182 valence electrons. The first-order valence-corrected chi connectivity index (χ1v) is 14.6. The minimum atomic E-state index is 0.455. The first-order valence-electron chi connectivity index (χ1n) is 13.7. The lowest BCUT2D eigenvalue weighted by atomic mass is 9.92. The molecule has 3 heteroatoms. The molecule has 1 aliphatic rings. The third-order valence-electron chi connectivity index (χ3n) is 7.20. The van der Waals surface area contributed by atoms with E-state index in [0.717, 1.165) is 18.3 Å². The number of hydrogen-bond donors (Lipinski definition) is 0. The number of hydrogen-bond acceptors (Lipinski definition) is 3. The zero-order valence-electron chi connectivity index (χ0n) is 21.7. The monoisotopic (exact) mass is 458 g/mol. The second-order valence-corrected chi connectivity index (χ2v) is 10.7. The maximum absolute atomic E-state index is 5.22. The van der Waals surface area contributed by atoms with Gasteiger partial charge >= 0.3 is 0 Å². The van der Waals surface area contributed by atoms with Crippen molar-refractivity contribution >= 4 is 16.5 Å². The molecule has 0 N–H and O–H groups in total. The molecule has 0 fully saturated rings. The van der Waals surface area contributed by atoms with E-state index in [9.17, 15) is 0 Å². The molecule has 3 atom stereocenters. The summed E-state index contributed by atoms with van der Waals surface area (Å²) in [6.07, 6.45) is 22.7. The maximum Gasteiger partial charge on any atom is 0.185 e. The number of anilines is 1. The van der Waals surface area contributed by atoms with E-state index in [1.165, 1.54) is 100 Å². The molecular weight excluding hydrogens is 408 g/mol. The van der Waals surface area contributed by atoms with Crippen LogP contribution < -0.4 is 4.90 Å². The second-order valence-electron chi connectivity index (χ2n) is 9.88. The van der Waals surface area contributed by atoms with E-state index < -0.39 is 0 Å². The molecule has 0 bridgehead atoms. The zero-order chi connectivity index (χ0) is 23.2. The third kappa shape index (κ3) is 9.04. The highest BCUT2D eigenvalue weighted by molar-refractivity contribution is 7.13. The van der Waals surface area contributed by atoms with Crippen LogP contribution in [-0.2, 0) is 0 Å². The van der Waals surface area contributed by atoms with Gasteiger partial charge in [-0.2, -0.15) is 0 Å². The standard InChI is InChI=1S/C29H50N2S/c1-6-11-14-24(9-4)21-31(22-25(10-5)15-12-7-2)29-30-28(23-32-29)27-19-17-26(18-20-27)16-13-8-3/h17-19,23-25,27H,6-16,20-22H2,1-5H3. The van der Waals surface area contributed by atoms with Crippen molar-refractivity contribution in [1.29, 1.82) is 0 Å². The van der Waals surface area contributed by atoms with Gasteiger partial charge in [0.05, 0.1) is 5.69 Å². The highest BCUT2D eigenvalue weighted by Gasteiger charge is 2.22. The Labute approximate surface area is 203 Å². The van der Waals surface area contributed by atoms with E-state index in [-0.39, 0.29) is 0 Å². The summed E-state index contributed by atoms with van der Waals surface area (Å²) in [7, 11) is 0. The van der Waals surface area contributed by atoms with Gasteiger partial charge in [0.2, 0.25) is 0 Å². The number of allylic oxidation sites excluding steroid dienone is 4. The lowest BCUT2D eigenvalue weighted by molar-refractivity contribution is 0.403. The van der Waals surface area contributed by atoms with Crippen molar-refractivity contribution in [3.63, 3.8) is 0 Å². The summed E-state index contributed by atoms with van der Waals surface area (Å²) < 4.78 is 0. The molecule has 2 rings (SSSR count). The van der Waals surface area contributed by atoms with Crippen molar-refractivity contribution in [3.8, 4) is 0 Å². The average molecular weight is 459 g/mol. The number of rotatable bonds is 17. The average Bonchev–Trinajstić information content (AvgIpc) is 3.32. The normalized spacial score (nSPS) is 17.9. The Morgan fingerprint density at radius 2 is 1.56 bits per heavy atom. The molecule has 1 heterocycles. The Morgan fingerprint density at radius 1 is 0.938 bits per heavy atom. The van der Waals surface area contributed by atoms with Crippen LogP contribution >= 0.6 is 11.3 Å². The predicted octanol–water partition coefficient (Wildman–Crippen LogP) is 9.54. The van der Waals surface area contributed by atoms with Gasteiger partial charge in [0, 0.05) is 24.4 Å². The number of unbranched alkanes of at least 4 members (excludes halogenated alkanes) is 3. The van der Waals surface area contributed by atoms with Crippen LogP contribution in [0.15, 0.2) is 29.2 Å². The van der Waals surface area contributed by atoms with Gasteiger partial charge in [0.25, 0.3) is 0 Å². The highest BCUT2D eigenvalue weighted by atomic mass is 32.1. The van der Waals surface area contributed by atoms with Gasteiger partial charge in [-0.25, -0.2) is 4.98 Å². The van der Waals surface area contributed by atoms with Crippen LogP contribution in [0.3, 0.4) is 0 Å². The van der Waals surface area contributed by atoms with Gasteiger partial charge in [0.1, 0.15) is 0 Å². The minimum absolute atomic E-state index is 0.455. The molecule has 32 heavy (non-hydrogen) atoms. The van der Waals surface area contributed by atoms with E-state index in [1.807, 2.05) is 11.3 Å². The fraction of sp³-hybridized carbons (Fsp3) is 0.759. The fourth-order valence-electron chi connectivity index (χ4n) is 4.73. The molecule has 0 aliphatic heterocycles. The molecule has 0 radical (unpaired) electrons. The largest absolute Gasteiger partial charge is 0.348 e. The van der Waals surface area contributed by atoms with Crippen molar-refractivity contribution in [1.82, 2.24) is 4.98 Å². The van der Waals surface area contributed by atoms with Gasteiger partial charge in [-0.15, -0.1) is 11.3 Å². The first-order chi connectivity index (χ1) is 15.6. The summed E-state index contributed by atoms with van der Waals surface area (Å²) in [5.74, 6) is 2.02. The number of thiazole rings is 1. The number of nitrogens with zero attached hydrogens (tertiary/aromatic N) is 2. The van der Waals surface area contributed by atoms with Crippen LogP contribution in [0.1, 0.15) is 123 Å². The topological polar surface area (TPSA) is 16.1 Å². The Morgan fingerprint density at radius 3 is 2.06 bits per heavy atom. The molecule has 1 aliphatic carbocycles. The van der Waals surface area contributed by atoms with Gasteiger partial charge < -0.3 is 4.90 Å². The smallest absolute Gasteiger partial charge is 0.185 e. The zero-order valence-corrected chi connectivity index (χ0v) is 22.6. The van der Waals surface area contributed by atoms with Crippen LogP contribution in [0.5, 0.6) is 0 Å². The summed E-state index contributed by atoms with van der Waals surface area (Å²) in [6, 6.07) is 0. The van der Waals surface area contributed by atoms with Gasteiger partial charge in [-0.05, 0) is 43.9 Å². The van der Waals surface area contributed by atoms with Crippen LogP contribution in [-0.4, -0.2) is 18.1 Å². The van der Waals surface area contributed by atoms with Gasteiger partial charge in [-0.3, -0.25) is 0 Å². The Hall–Kier alpha value is -1.09. The van der Waals surface area contributed by atoms with Crippen LogP contribution in [0, 0.1) is 11.8 Å². The molecule has 0 saturated carbocycles. The van der Waals surface area contributed by atoms with Crippen LogP contribution in [0.2, 0.25) is 0 Å². The molecule has 0 spiro atoms. The highest BCUT2D eigenvalue weighted by Crippen LogP contribution is 2.33. The lowest BCUT2D eigenvalue weighted by Crippen LogP contribution is -2.34. The van der Waals surface area contributed by atoms with Crippen LogP contribution in [0.4, 0.5) is 5.13 Å². The van der Waals surface area contributed by atoms with Crippen molar-refractivity contribution < 1.29 is 0 Å². The van der Waals surface area contributed by atoms with Crippen molar-refractivity contribution in [2.75, 3.05) is 18.0 Å². The Balaban J connectivity index is 2.10. The van der Waals surface area contributed by atoms with Gasteiger partial charge in [-0.1, -0.05) is 103 Å². The molecule has 1 aromatic heterocycles. The van der Waals surface area contributed by atoms with E-state index >= 15 is 0 Å². The summed E-state index contributed by atoms with van der Waals surface area (Å²) in [4.78, 5) is 7.88. The second kappa shape index (κ2) is 15.7. The minimum Gasteiger partial charge on any atom is -0.348 e. The van der Waals surface area contributed by atoms with Crippen molar-refractivity contribution in [3.05, 3.63) is 34.9 Å². The van der Waals surface area contributed by atoms with Crippen molar-refractivity contribution in [2.45, 2.75) is 118 Å². The third-order valence-corrected chi connectivity index (χ3v) is 8.12. The Kier molecular flexibility index (Phi) is 13.3. The maximum atomic E-state index is 5.22. The predicted molar refractivity (Wildman–Crippen MR) is 145 cm³/mol. The van der Waals surface area contributed by atoms with E-state index in [1.54, 1.807) is 0 Å². The molecule has 0 amide bonds. The Bertz CT molecular complexity index is 656. The molecule has 0 saturated heterocycles. The SMILES string of the molecule is CCCCC1=CCC(c2csc(N(CC(CC)CCCC)CC(CC)CCCC)n2)C=C1. The lowest BCUT2D eigenvalue weighted by Gasteiger charge is -2.30. The van der Waals surface area contributed by atoms with E-state index in [0.29, 0.717) is 5.92 Å². The molecule has 1 aromatic rings. The summed E-state index contributed by atoms with van der Waals surface area (Å²) in [5, 5.41) is 3.60. The molecule has 2 nitrogen and oxygen atoms in total. The summed E-state index contributed by atoms with van der Waals surface area (Å²) >= 11 is 1.88. The first kappa shape index (κ1) is 27.2. The quantitative estimate of drug-likeness (QED) is 0.231. The van der Waals surface area contributed by atoms with Gasteiger partial charge in [0.15, 0.2) is 5.13 Å². The van der Waals surface area contributed by atoms with Crippen LogP contribution in [0.25, 0.3) is 0 Å². The molecule has 0 aromatic carbocycles. The van der Waals surface area contributed by atoms with E-state index in [4.69, 9.17) is 4.98 Å². The fourth-order valence-corrected chi connectivity index (χ4v) is 5.64. The molecular formula is C29H50N2S. The summed E-state index contributed by atoms with van der Waals surface area (Å²) in [6.45, 7) is 14.0. The van der Waals surface area contributed by atoms with E-state index in [2.05, 4.69) is 63.1 Å². The van der Waals surface area contributed by atoms with Crippen molar-refractivity contribution in [2.24, 2.45) is 11.8 Å².